The van der Waals surface area contributed by atoms with Crippen molar-refractivity contribution in [2.45, 2.75) is 32.4 Å². The molecule has 2 rings (SSSR count). The van der Waals surface area contributed by atoms with E-state index < -0.39 is 0 Å². The van der Waals surface area contributed by atoms with Crippen LogP contribution in [0.15, 0.2) is 16.5 Å². The minimum Gasteiger partial charge on any atom is -0.465 e. The van der Waals surface area contributed by atoms with E-state index in [2.05, 4.69) is 4.90 Å². The van der Waals surface area contributed by atoms with Crippen LogP contribution in [0, 0.1) is 6.92 Å². The first-order valence-corrected chi connectivity index (χ1v) is 5.20. The van der Waals surface area contributed by atoms with Gasteiger partial charge in [0.15, 0.2) is 0 Å². The molecule has 1 saturated carbocycles. The Morgan fingerprint density at radius 1 is 1.50 bits per heavy atom. The summed E-state index contributed by atoms with van der Waals surface area (Å²) in [5.41, 5.74) is 0. The van der Waals surface area contributed by atoms with E-state index in [9.17, 15) is 0 Å². The van der Waals surface area contributed by atoms with Gasteiger partial charge in [-0.25, -0.2) is 0 Å². The van der Waals surface area contributed by atoms with Gasteiger partial charge in [-0.05, 0) is 31.9 Å². The lowest BCUT2D eigenvalue weighted by atomic mass is 10.3. The zero-order chi connectivity index (χ0) is 9.97. The second kappa shape index (κ2) is 4.15. The lowest BCUT2D eigenvalue weighted by Crippen LogP contribution is -2.28. The van der Waals surface area contributed by atoms with Crippen LogP contribution in [0.1, 0.15) is 24.4 Å². The summed E-state index contributed by atoms with van der Waals surface area (Å²) in [6.07, 6.45) is 2.53. The summed E-state index contributed by atoms with van der Waals surface area (Å²) in [6, 6.07) is 4.68. The molecule has 3 nitrogen and oxygen atoms in total. The van der Waals surface area contributed by atoms with Gasteiger partial charge in [0.1, 0.15) is 11.5 Å². The molecule has 0 unspecified atom stereocenters. The molecule has 0 atom stereocenters. The Balaban J connectivity index is 1.92. The van der Waals surface area contributed by atoms with Crippen molar-refractivity contribution in [2.75, 3.05) is 13.2 Å². The van der Waals surface area contributed by atoms with Crippen molar-refractivity contribution in [3.63, 3.8) is 0 Å². The maximum Gasteiger partial charge on any atom is 0.118 e. The zero-order valence-corrected chi connectivity index (χ0v) is 8.57. The average Bonchev–Trinajstić information content (AvgIpc) is 2.91. The van der Waals surface area contributed by atoms with Crippen LogP contribution in [-0.4, -0.2) is 29.2 Å². The van der Waals surface area contributed by atoms with Crippen LogP contribution >= 0.6 is 0 Å². The molecule has 1 aliphatic carbocycles. The molecule has 1 aromatic heterocycles. The fourth-order valence-corrected chi connectivity index (χ4v) is 1.73. The molecule has 0 radical (unpaired) electrons. The first-order valence-electron chi connectivity index (χ1n) is 5.20. The van der Waals surface area contributed by atoms with E-state index in [0.29, 0.717) is 6.04 Å². The standard InChI is InChI=1S/C11H17NO2/c1-9-2-5-11(14-9)8-12(6-7-13)10-3-4-10/h2,5,10,13H,3-4,6-8H2,1H3. The Morgan fingerprint density at radius 2 is 2.29 bits per heavy atom. The van der Waals surface area contributed by atoms with Gasteiger partial charge in [0.25, 0.3) is 0 Å². The Hall–Kier alpha value is -0.800. The van der Waals surface area contributed by atoms with Crippen molar-refractivity contribution in [1.82, 2.24) is 4.90 Å². The van der Waals surface area contributed by atoms with Crippen LogP contribution < -0.4 is 0 Å². The van der Waals surface area contributed by atoms with Gasteiger partial charge in [0.2, 0.25) is 0 Å². The lowest BCUT2D eigenvalue weighted by Gasteiger charge is -2.18. The predicted molar refractivity (Wildman–Crippen MR) is 54.0 cm³/mol. The first kappa shape index (κ1) is 9.74. The molecule has 1 aliphatic rings. The highest BCUT2D eigenvalue weighted by atomic mass is 16.3. The first-order chi connectivity index (χ1) is 6.79. The zero-order valence-electron chi connectivity index (χ0n) is 8.57. The SMILES string of the molecule is Cc1ccc(CN(CCO)C2CC2)o1. The minimum atomic E-state index is 0.232. The third-order valence-corrected chi connectivity index (χ3v) is 2.61. The van der Waals surface area contributed by atoms with Crippen molar-refractivity contribution in [3.8, 4) is 0 Å². The smallest absolute Gasteiger partial charge is 0.118 e. The normalized spacial score (nSPS) is 16.5. The van der Waals surface area contributed by atoms with Crippen molar-refractivity contribution >= 4 is 0 Å². The molecule has 1 N–H and O–H groups in total. The minimum absolute atomic E-state index is 0.232. The Morgan fingerprint density at radius 3 is 2.79 bits per heavy atom. The number of rotatable bonds is 5. The Kier molecular flexibility index (Phi) is 2.89. The third kappa shape index (κ3) is 2.36. The topological polar surface area (TPSA) is 36.6 Å². The van der Waals surface area contributed by atoms with Gasteiger partial charge < -0.3 is 9.52 Å². The Bertz CT molecular complexity index is 291. The molecule has 1 heterocycles. The van der Waals surface area contributed by atoms with E-state index >= 15 is 0 Å². The molecule has 14 heavy (non-hydrogen) atoms. The number of aliphatic hydroxyl groups excluding tert-OH is 1. The maximum absolute atomic E-state index is 8.92. The lowest BCUT2D eigenvalue weighted by molar-refractivity contribution is 0.173. The molecule has 3 heteroatoms. The van der Waals surface area contributed by atoms with Crippen LogP contribution in [0.25, 0.3) is 0 Å². The van der Waals surface area contributed by atoms with Crippen molar-refractivity contribution in [2.24, 2.45) is 0 Å². The third-order valence-electron chi connectivity index (χ3n) is 2.61. The molecule has 0 aliphatic heterocycles. The van der Waals surface area contributed by atoms with E-state index in [1.807, 2.05) is 19.1 Å². The predicted octanol–water partition coefficient (Wildman–Crippen LogP) is 1.54. The van der Waals surface area contributed by atoms with E-state index in [1.54, 1.807) is 0 Å². The van der Waals surface area contributed by atoms with Gasteiger partial charge in [-0.1, -0.05) is 0 Å². The number of nitrogens with zero attached hydrogens (tertiary/aromatic N) is 1. The molecule has 0 saturated heterocycles. The summed E-state index contributed by atoms with van der Waals surface area (Å²) in [5.74, 6) is 1.96. The van der Waals surface area contributed by atoms with Crippen LogP contribution in [-0.2, 0) is 6.54 Å². The monoisotopic (exact) mass is 195 g/mol. The number of furan rings is 1. The van der Waals surface area contributed by atoms with Crippen LogP contribution in [0.5, 0.6) is 0 Å². The van der Waals surface area contributed by atoms with E-state index in [-0.39, 0.29) is 6.61 Å². The summed E-state index contributed by atoms with van der Waals surface area (Å²) < 4.78 is 5.51. The molecule has 78 valence electrons. The van der Waals surface area contributed by atoms with Gasteiger partial charge in [-0.15, -0.1) is 0 Å². The van der Waals surface area contributed by atoms with E-state index in [0.717, 1.165) is 24.6 Å². The highest BCUT2D eigenvalue weighted by molar-refractivity contribution is 5.06. The van der Waals surface area contributed by atoms with Crippen LogP contribution in [0.2, 0.25) is 0 Å². The summed E-state index contributed by atoms with van der Waals surface area (Å²) >= 11 is 0. The average molecular weight is 195 g/mol. The maximum atomic E-state index is 8.92. The molecule has 1 fully saturated rings. The van der Waals surface area contributed by atoms with Gasteiger partial charge in [0, 0.05) is 12.6 Å². The fourth-order valence-electron chi connectivity index (χ4n) is 1.73. The summed E-state index contributed by atoms with van der Waals surface area (Å²) in [4.78, 5) is 2.29. The van der Waals surface area contributed by atoms with Crippen molar-refractivity contribution in [3.05, 3.63) is 23.7 Å². The second-order valence-electron chi connectivity index (χ2n) is 3.94. The number of aryl methyl sites for hydroxylation is 1. The molecule has 0 spiro atoms. The van der Waals surface area contributed by atoms with E-state index in [4.69, 9.17) is 9.52 Å². The quantitative estimate of drug-likeness (QED) is 0.774. The largest absolute Gasteiger partial charge is 0.465 e. The van der Waals surface area contributed by atoms with Crippen molar-refractivity contribution in [1.29, 1.82) is 0 Å². The number of hydrogen-bond donors (Lipinski definition) is 1. The number of hydrogen-bond acceptors (Lipinski definition) is 3. The van der Waals surface area contributed by atoms with Gasteiger partial charge in [-0.3, -0.25) is 4.90 Å². The molecular weight excluding hydrogens is 178 g/mol. The second-order valence-corrected chi connectivity index (χ2v) is 3.94. The van der Waals surface area contributed by atoms with Gasteiger partial charge >= 0.3 is 0 Å². The Labute approximate surface area is 84.3 Å². The van der Waals surface area contributed by atoms with Crippen LogP contribution in [0.3, 0.4) is 0 Å². The molecule has 0 bridgehead atoms. The summed E-state index contributed by atoms with van der Waals surface area (Å²) in [5, 5.41) is 8.92. The van der Waals surface area contributed by atoms with Gasteiger partial charge in [-0.2, -0.15) is 0 Å². The van der Waals surface area contributed by atoms with Crippen LogP contribution in [0.4, 0.5) is 0 Å². The molecule has 1 aromatic rings. The highest BCUT2D eigenvalue weighted by Gasteiger charge is 2.28. The van der Waals surface area contributed by atoms with Crippen molar-refractivity contribution < 1.29 is 9.52 Å². The fraction of sp³-hybridized carbons (Fsp3) is 0.636. The summed E-state index contributed by atoms with van der Waals surface area (Å²) in [7, 11) is 0. The number of aliphatic hydroxyl groups is 1. The summed E-state index contributed by atoms with van der Waals surface area (Å²) in [6.45, 7) is 3.77. The highest BCUT2D eigenvalue weighted by Crippen LogP contribution is 2.28. The van der Waals surface area contributed by atoms with E-state index in [1.165, 1.54) is 12.8 Å². The molecular formula is C11H17NO2. The molecule has 0 aromatic carbocycles. The van der Waals surface area contributed by atoms with Gasteiger partial charge in [0.05, 0.1) is 13.2 Å². The molecule has 0 amide bonds.